The molecule has 1 aromatic rings. The van der Waals surface area contributed by atoms with E-state index in [0.29, 0.717) is 11.8 Å². The summed E-state index contributed by atoms with van der Waals surface area (Å²) in [6.45, 7) is 0. The van der Waals surface area contributed by atoms with E-state index in [4.69, 9.17) is 10.5 Å². The highest BCUT2D eigenvalue weighted by Crippen LogP contribution is 2.62. The highest BCUT2D eigenvalue weighted by atomic mass is 79.9. The predicted molar refractivity (Wildman–Crippen MR) is 72.0 cm³/mol. The normalized spacial score (nSPS) is 35.2. The molecule has 1 aromatic carbocycles. The Labute approximate surface area is 111 Å². The third kappa shape index (κ3) is 1.63. The Kier molecular flexibility index (Phi) is 2.71. The number of rotatable bonds is 2. The highest BCUT2D eigenvalue weighted by molar-refractivity contribution is 9.10. The minimum atomic E-state index is -0.0642. The van der Waals surface area contributed by atoms with Crippen LogP contribution in [-0.4, -0.2) is 7.11 Å². The van der Waals surface area contributed by atoms with Crippen molar-refractivity contribution in [3.05, 3.63) is 28.2 Å². The molecule has 92 valence electrons. The first-order valence-electron chi connectivity index (χ1n) is 6.31. The predicted octanol–water partition coefficient (Wildman–Crippen LogP) is 3.43. The maximum atomic E-state index is 6.62. The van der Waals surface area contributed by atoms with Crippen LogP contribution in [0.25, 0.3) is 0 Å². The number of fused-ring (bicyclic) bond motifs is 1. The van der Waals surface area contributed by atoms with Crippen LogP contribution in [0.2, 0.25) is 0 Å². The fraction of sp³-hybridized carbons (Fsp3) is 0.571. The number of hydrogen-bond donors (Lipinski definition) is 1. The van der Waals surface area contributed by atoms with Crippen molar-refractivity contribution < 1.29 is 4.74 Å². The first-order valence-corrected chi connectivity index (χ1v) is 7.10. The van der Waals surface area contributed by atoms with Crippen molar-refractivity contribution in [2.75, 3.05) is 7.11 Å². The van der Waals surface area contributed by atoms with Crippen molar-refractivity contribution >= 4 is 15.9 Å². The molecule has 2 N–H and O–H groups in total. The van der Waals surface area contributed by atoms with Crippen LogP contribution in [0.5, 0.6) is 5.75 Å². The average molecular weight is 296 g/mol. The lowest BCUT2D eigenvalue weighted by Crippen LogP contribution is -2.23. The smallest absolute Gasteiger partial charge is 0.133 e. The summed E-state index contributed by atoms with van der Waals surface area (Å²) in [6, 6.07) is 6.28. The zero-order chi connectivity index (χ0) is 12.0. The quantitative estimate of drug-likeness (QED) is 0.907. The Hall–Kier alpha value is -0.540. The summed E-state index contributed by atoms with van der Waals surface area (Å²) in [7, 11) is 1.69. The Balaban J connectivity index is 1.92. The monoisotopic (exact) mass is 295 g/mol. The van der Waals surface area contributed by atoms with E-state index in [2.05, 4.69) is 28.1 Å². The third-order valence-corrected chi connectivity index (χ3v) is 5.16. The lowest BCUT2D eigenvalue weighted by molar-refractivity contribution is 0.411. The number of methoxy groups -OCH3 is 1. The second-order valence-corrected chi connectivity index (χ2v) is 6.13. The lowest BCUT2D eigenvalue weighted by atomic mass is 10.0. The van der Waals surface area contributed by atoms with E-state index in [1.165, 1.54) is 31.2 Å². The summed E-state index contributed by atoms with van der Waals surface area (Å²) in [5, 5.41) is 0. The summed E-state index contributed by atoms with van der Waals surface area (Å²) in [4.78, 5) is 0. The van der Waals surface area contributed by atoms with Gasteiger partial charge in [-0.05, 0) is 58.3 Å². The van der Waals surface area contributed by atoms with Crippen molar-refractivity contribution in [3.63, 3.8) is 0 Å². The van der Waals surface area contributed by atoms with E-state index in [-0.39, 0.29) is 5.54 Å². The Morgan fingerprint density at radius 2 is 1.94 bits per heavy atom. The second kappa shape index (κ2) is 3.99. The van der Waals surface area contributed by atoms with Gasteiger partial charge < -0.3 is 10.5 Å². The highest BCUT2D eigenvalue weighted by Gasteiger charge is 2.62. The molecular formula is C14H18BrNO. The molecule has 2 aliphatic rings. The Morgan fingerprint density at radius 3 is 2.47 bits per heavy atom. The van der Waals surface area contributed by atoms with Gasteiger partial charge in [0.15, 0.2) is 0 Å². The van der Waals surface area contributed by atoms with Crippen LogP contribution in [-0.2, 0) is 5.54 Å². The standard InChI is InChI=1S/C14H18BrNO/c1-17-13-7-6-9(8-12(13)15)14(16)10-4-2-3-5-11(10)14/h6-8,10-11H,2-5,16H2,1H3. The summed E-state index contributed by atoms with van der Waals surface area (Å²) in [5.74, 6) is 2.29. The first kappa shape index (κ1) is 11.5. The van der Waals surface area contributed by atoms with Crippen molar-refractivity contribution in [1.82, 2.24) is 0 Å². The van der Waals surface area contributed by atoms with Gasteiger partial charge in [0.1, 0.15) is 5.75 Å². The molecule has 17 heavy (non-hydrogen) atoms. The molecule has 0 heterocycles. The number of hydrogen-bond acceptors (Lipinski definition) is 2. The average Bonchev–Trinajstić information content (AvgIpc) is 2.97. The van der Waals surface area contributed by atoms with Crippen LogP contribution in [0.15, 0.2) is 22.7 Å². The van der Waals surface area contributed by atoms with Crippen LogP contribution < -0.4 is 10.5 Å². The molecule has 2 nitrogen and oxygen atoms in total. The third-order valence-electron chi connectivity index (χ3n) is 4.54. The molecule has 2 aliphatic carbocycles. The van der Waals surface area contributed by atoms with Crippen LogP contribution in [0.1, 0.15) is 31.2 Å². The van der Waals surface area contributed by atoms with Gasteiger partial charge in [-0.1, -0.05) is 18.9 Å². The SMILES string of the molecule is COc1ccc(C2(N)C3CCCCC32)cc1Br. The topological polar surface area (TPSA) is 35.2 Å². The number of nitrogens with two attached hydrogens (primary N) is 1. The fourth-order valence-electron chi connectivity index (χ4n) is 3.54. The first-order chi connectivity index (χ1) is 8.17. The van der Waals surface area contributed by atoms with Gasteiger partial charge in [0, 0.05) is 5.54 Å². The minimum Gasteiger partial charge on any atom is -0.496 e. The molecule has 0 spiro atoms. The molecule has 0 aromatic heterocycles. The van der Waals surface area contributed by atoms with Crippen molar-refractivity contribution in [2.45, 2.75) is 31.2 Å². The maximum Gasteiger partial charge on any atom is 0.133 e. The molecule has 0 radical (unpaired) electrons. The van der Waals surface area contributed by atoms with Crippen LogP contribution >= 0.6 is 15.9 Å². The van der Waals surface area contributed by atoms with E-state index >= 15 is 0 Å². The van der Waals surface area contributed by atoms with Gasteiger partial charge in [0.25, 0.3) is 0 Å². The summed E-state index contributed by atoms with van der Waals surface area (Å²) in [5.41, 5.74) is 7.82. The van der Waals surface area contributed by atoms with Gasteiger partial charge in [-0.3, -0.25) is 0 Å². The molecule has 3 heteroatoms. The van der Waals surface area contributed by atoms with Gasteiger partial charge in [0.2, 0.25) is 0 Å². The van der Waals surface area contributed by atoms with Gasteiger partial charge in [-0.25, -0.2) is 0 Å². The number of ether oxygens (including phenoxy) is 1. The fourth-order valence-corrected chi connectivity index (χ4v) is 4.08. The molecule has 0 bridgehead atoms. The summed E-state index contributed by atoms with van der Waals surface area (Å²) < 4.78 is 6.27. The molecule has 0 aliphatic heterocycles. The lowest BCUT2D eigenvalue weighted by Gasteiger charge is -2.14. The van der Waals surface area contributed by atoms with Crippen LogP contribution in [0, 0.1) is 11.8 Å². The van der Waals surface area contributed by atoms with Gasteiger partial charge in [-0.2, -0.15) is 0 Å². The maximum absolute atomic E-state index is 6.62. The zero-order valence-electron chi connectivity index (χ0n) is 10.1. The molecule has 2 unspecified atom stereocenters. The second-order valence-electron chi connectivity index (χ2n) is 5.28. The summed E-state index contributed by atoms with van der Waals surface area (Å²) in [6.07, 6.45) is 5.28. The summed E-state index contributed by atoms with van der Waals surface area (Å²) >= 11 is 3.55. The molecule has 2 saturated carbocycles. The van der Waals surface area contributed by atoms with Gasteiger partial charge >= 0.3 is 0 Å². The van der Waals surface area contributed by atoms with E-state index in [1.807, 2.05) is 6.07 Å². The molecule has 2 atom stereocenters. The molecule has 0 amide bonds. The van der Waals surface area contributed by atoms with Gasteiger partial charge in [-0.15, -0.1) is 0 Å². The molecule has 3 rings (SSSR count). The number of benzene rings is 1. The van der Waals surface area contributed by atoms with Crippen molar-refractivity contribution in [3.8, 4) is 5.75 Å². The Morgan fingerprint density at radius 1 is 1.29 bits per heavy atom. The number of halogens is 1. The molecule has 0 saturated heterocycles. The van der Waals surface area contributed by atoms with E-state index in [0.717, 1.165) is 10.2 Å². The van der Waals surface area contributed by atoms with Crippen molar-refractivity contribution in [2.24, 2.45) is 17.6 Å². The zero-order valence-corrected chi connectivity index (χ0v) is 11.7. The van der Waals surface area contributed by atoms with Crippen LogP contribution in [0.4, 0.5) is 0 Å². The van der Waals surface area contributed by atoms with Crippen LogP contribution in [0.3, 0.4) is 0 Å². The van der Waals surface area contributed by atoms with Crippen molar-refractivity contribution in [1.29, 1.82) is 0 Å². The van der Waals surface area contributed by atoms with E-state index in [1.54, 1.807) is 7.11 Å². The largest absolute Gasteiger partial charge is 0.496 e. The molecular weight excluding hydrogens is 278 g/mol. The van der Waals surface area contributed by atoms with E-state index in [9.17, 15) is 0 Å². The molecule has 2 fully saturated rings. The van der Waals surface area contributed by atoms with Gasteiger partial charge in [0.05, 0.1) is 11.6 Å². The Bertz CT molecular complexity index is 434. The minimum absolute atomic E-state index is 0.0642. The van der Waals surface area contributed by atoms with E-state index < -0.39 is 0 Å².